The van der Waals surface area contributed by atoms with Crippen molar-refractivity contribution in [3.63, 3.8) is 0 Å². The normalized spacial score (nSPS) is 15.6. The molecule has 0 aromatic carbocycles. The molecular formula is C26H51NO5. The first kappa shape index (κ1) is 31.0. The Morgan fingerprint density at radius 1 is 0.750 bits per heavy atom. The van der Waals surface area contributed by atoms with Crippen LogP contribution in [0.1, 0.15) is 117 Å². The summed E-state index contributed by atoms with van der Waals surface area (Å²) in [5, 5.41) is 42.7. The number of unbranched alkanes of at least 4 members (excludes halogenated alkanes) is 11. The van der Waals surface area contributed by atoms with Crippen molar-refractivity contribution < 1.29 is 25.2 Å². The van der Waals surface area contributed by atoms with Crippen LogP contribution in [0.3, 0.4) is 0 Å². The van der Waals surface area contributed by atoms with Gasteiger partial charge in [0.2, 0.25) is 5.91 Å². The van der Waals surface area contributed by atoms with Crippen LogP contribution in [0.25, 0.3) is 0 Å². The highest BCUT2D eigenvalue weighted by atomic mass is 16.3. The van der Waals surface area contributed by atoms with Gasteiger partial charge in [-0.2, -0.15) is 0 Å². The van der Waals surface area contributed by atoms with Gasteiger partial charge in [-0.25, -0.2) is 0 Å². The van der Waals surface area contributed by atoms with Crippen molar-refractivity contribution in [1.29, 1.82) is 0 Å². The highest BCUT2D eigenvalue weighted by Crippen LogP contribution is 2.13. The third-order valence-electron chi connectivity index (χ3n) is 5.98. The molecule has 6 heteroatoms. The maximum Gasteiger partial charge on any atom is 0.249 e. The fraction of sp³-hybridized carbons (Fsp3) is 0.885. The minimum atomic E-state index is -1.25. The van der Waals surface area contributed by atoms with Crippen LogP contribution >= 0.6 is 0 Å². The smallest absolute Gasteiger partial charge is 0.249 e. The SMILES string of the molecule is CCCC/C=C\CCCCCC(O)C(=O)NC(CO)C(O)C(O)CCCCCCCCC. The second kappa shape index (κ2) is 21.9. The molecule has 0 aromatic heterocycles. The summed E-state index contributed by atoms with van der Waals surface area (Å²) in [5.74, 6) is -0.606. The molecule has 0 aliphatic rings. The topological polar surface area (TPSA) is 110 Å². The van der Waals surface area contributed by atoms with E-state index >= 15 is 0 Å². The Kier molecular flexibility index (Phi) is 21.2. The van der Waals surface area contributed by atoms with Gasteiger partial charge in [0.05, 0.1) is 18.8 Å². The first-order valence-electron chi connectivity index (χ1n) is 13.1. The van der Waals surface area contributed by atoms with E-state index in [-0.39, 0.29) is 0 Å². The second-order valence-electron chi connectivity index (χ2n) is 9.03. The number of carbonyl (C=O) groups excluding carboxylic acids is 1. The van der Waals surface area contributed by atoms with Gasteiger partial charge >= 0.3 is 0 Å². The van der Waals surface area contributed by atoms with E-state index in [9.17, 15) is 25.2 Å². The molecule has 0 aliphatic carbocycles. The number of hydrogen-bond acceptors (Lipinski definition) is 5. The summed E-state index contributed by atoms with van der Waals surface area (Å²) in [7, 11) is 0. The van der Waals surface area contributed by atoms with Gasteiger partial charge < -0.3 is 25.7 Å². The van der Waals surface area contributed by atoms with Crippen molar-refractivity contribution in [2.24, 2.45) is 0 Å². The van der Waals surface area contributed by atoms with Gasteiger partial charge in [0.1, 0.15) is 12.2 Å². The molecule has 190 valence electrons. The van der Waals surface area contributed by atoms with Gasteiger partial charge in [-0.3, -0.25) is 4.79 Å². The average molecular weight is 458 g/mol. The molecule has 0 saturated heterocycles. The summed E-state index contributed by atoms with van der Waals surface area (Å²) in [6, 6.07) is -0.982. The molecule has 0 rings (SSSR count). The third-order valence-corrected chi connectivity index (χ3v) is 5.98. The predicted molar refractivity (Wildman–Crippen MR) is 131 cm³/mol. The minimum absolute atomic E-state index is 0.347. The van der Waals surface area contributed by atoms with Crippen molar-refractivity contribution in [3.8, 4) is 0 Å². The van der Waals surface area contributed by atoms with Gasteiger partial charge in [0.25, 0.3) is 0 Å². The summed E-state index contributed by atoms with van der Waals surface area (Å²) in [5.41, 5.74) is 0. The number of rotatable bonds is 22. The Hall–Kier alpha value is -0.950. The standard InChI is InChI=1S/C26H51NO5/c1-3-5-7-9-11-12-14-16-18-20-24(30)26(32)27-22(21-28)25(31)23(29)19-17-15-13-10-8-6-4-2/h9,11,22-25,28-31H,3-8,10,12-21H2,1-2H3,(H,27,32)/b11-9-. The van der Waals surface area contributed by atoms with Crippen LogP contribution in [0.15, 0.2) is 12.2 Å². The highest BCUT2D eigenvalue weighted by molar-refractivity contribution is 5.80. The van der Waals surface area contributed by atoms with Crippen molar-refractivity contribution >= 4 is 5.91 Å². The molecule has 0 bridgehead atoms. The highest BCUT2D eigenvalue weighted by Gasteiger charge is 2.28. The molecule has 0 aromatic rings. The molecule has 0 saturated carbocycles. The van der Waals surface area contributed by atoms with Crippen LogP contribution < -0.4 is 5.32 Å². The Morgan fingerprint density at radius 3 is 1.91 bits per heavy atom. The lowest BCUT2D eigenvalue weighted by atomic mass is 9.99. The monoisotopic (exact) mass is 457 g/mol. The van der Waals surface area contributed by atoms with Crippen molar-refractivity contribution in [2.45, 2.75) is 141 Å². The van der Waals surface area contributed by atoms with E-state index in [0.29, 0.717) is 12.8 Å². The van der Waals surface area contributed by atoms with Crippen LogP contribution in [0.2, 0.25) is 0 Å². The molecule has 0 radical (unpaired) electrons. The lowest BCUT2D eigenvalue weighted by Gasteiger charge is -2.27. The Labute approximate surface area is 196 Å². The van der Waals surface area contributed by atoms with Crippen molar-refractivity contribution in [3.05, 3.63) is 12.2 Å². The number of carbonyl (C=O) groups is 1. The largest absolute Gasteiger partial charge is 0.394 e. The van der Waals surface area contributed by atoms with E-state index in [1.807, 2.05) is 0 Å². The van der Waals surface area contributed by atoms with Gasteiger partial charge in [0.15, 0.2) is 0 Å². The molecular weight excluding hydrogens is 406 g/mol. The minimum Gasteiger partial charge on any atom is -0.394 e. The molecule has 4 atom stereocenters. The number of nitrogens with one attached hydrogen (secondary N) is 1. The summed E-state index contributed by atoms with van der Waals surface area (Å²) in [6.07, 6.45) is 16.8. The number of aliphatic hydroxyl groups excluding tert-OH is 4. The summed E-state index contributed by atoms with van der Waals surface area (Å²) < 4.78 is 0. The molecule has 32 heavy (non-hydrogen) atoms. The van der Waals surface area contributed by atoms with Crippen molar-refractivity contribution in [2.75, 3.05) is 6.61 Å². The molecule has 0 aliphatic heterocycles. The van der Waals surface area contributed by atoms with Gasteiger partial charge in [-0.1, -0.05) is 96.6 Å². The first-order chi connectivity index (χ1) is 15.5. The van der Waals surface area contributed by atoms with Crippen molar-refractivity contribution in [1.82, 2.24) is 5.32 Å². The lowest BCUT2D eigenvalue weighted by molar-refractivity contribution is -0.132. The zero-order valence-corrected chi connectivity index (χ0v) is 20.7. The second-order valence-corrected chi connectivity index (χ2v) is 9.03. The van der Waals surface area contributed by atoms with E-state index in [0.717, 1.165) is 51.4 Å². The number of allylic oxidation sites excluding steroid dienone is 2. The van der Waals surface area contributed by atoms with Gasteiger partial charge in [-0.05, 0) is 32.1 Å². The number of hydrogen-bond donors (Lipinski definition) is 5. The molecule has 0 heterocycles. The van der Waals surface area contributed by atoms with Gasteiger partial charge in [-0.15, -0.1) is 0 Å². The maximum atomic E-state index is 12.2. The molecule has 4 unspecified atom stereocenters. The fourth-order valence-corrected chi connectivity index (χ4v) is 3.73. The molecule has 1 amide bonds. The van der Waals surface area contributed by atoms with Gasteiger partial charge in [0, 0.05) is 0 Å². The predicted octanol–water partition coefficient (Wildman–Crippen LogP) is 4.38. The molecule has 6 nitrogen and oxygen atoms in total. The quantitative estimate of drug-likeness (QED) is 0.122. The third kappa shape index (κ3) is 16.7. The van der Waals surface area contributed by atoms with Crippen LogP contribution in [-0.2, 0) is 4.79 Å². The summed E-state index contributed by atoms with van der Waals surface area (Å²) >= 11 is 0. The molecule has 0 spiro atoms. The maximum absolute atomic E-state index is 12.2. The zero-order chi connectivity index (χ0) is 24.0. The van der Waals surface area contributed by atoms with E-state index in [4.69, 9.17) is 0 Å². The first-order valence-corrected chi connectivity index (χ1v) is 13.1. The van der Waals surface area contributed by atoms with E-state index in [2.05, 4.69) is 31.3 Å². The fourth-order valence-electron chi connectivity index (χ4n) is 3.73. The Balaban J connectivity index is 4.05. The zero-order valence-electron chi connectivity index (χ0n) is 20.7. The average Bonchev–Trinajstić information content (AvgIpc) is 2.79. The van der Waals surface area contributed by atoms with E-state index in [1.54, 1.807) is 0 Å². The van der Waals surface area contributed by atoms with Crippen LogP contribution in [0, 0.1) is 0 Å². The van der Waals surface area contributed by atoms with Crippen LogP contribution in [0.4, 0.5) is 0 Å². The Bertz CT molecular complexity index is 457. The molecule has 5 N–H and O–H groups in total. The summed E-state index contributed by atoms with van der Waals surface area (Å²) in [4.78, 5) is 12.2. The van der Waals surface area contributed by atoms with Crippen LogP contribution in [-0.4, -0.2) is 57.3 Å². The summed E-state index contributed by atoms with van der Waals surface area (Å²) in [6.45, 7) is 3.87. The number of amides is 1. The van der Waals surface area contributed by atoms with Crippen LogP contribution in [0.5, 0.6) is 0 Å². The molecule has 0 fully saturated rings. The van der Waals surface area contributed by atoms with E-state index in [1.165, 1.54) is 38.5 Å². The number of aliphatic hydroxyl groups is 4. The van der Waals surface area contributed by atoms with E-state index < -0.39 is 36.9 Å². The Morgan fingerprint density at radius 2 is 1.28 bits per heavy atom. The lowest BCUT2D eigenvalue weighted by Crippen LogP contribution is -2.53.